The van der Waals surface area contributed by atoms with Crippen LogP contribution in [0, 0.1) is 13.8 Å². The summed E-state index contributed by atoms with van der Waals surface area (Å²) in [5.41, 5.74) is 1.76. The van der Waals surface area contributed by atoms with Gasteiger partial charge in [0.1, 0.15) is 23.1 Å². The SMILES string of the molecule is CC(C)(C)ON1CCN(c2ccccn2)CC1.Cc1cccc(C)c1C(=O)OOC(C)(C)C.[Br-].[Mg+2].c1ccc(N2CCNCC2)nc1.c1ccc(N2CC[N-]CC2)nc1. The second kappa shape index (κ2) is 26.7. The summed E-state index contributed by atoms with van der Waals surface area (Å²) in [6.45, 7) is 27.4. The van der Waals surface area contributed by atoms with Crippen LogP contribution in [0.5, 0.6) is 0 Å². The third kappa shape index (κ3) is 19.7. The van der Waals surface area contributed by atoms with Crippen molar-refractivity contribution >= 4 is 46.5 Å². The molecule has 6 heterocycles. The Morgan fingerprint density at radius 1 is 0.610 bits per heavy atom. The molecule has 7 rings (SSSR count). The summed E-state index contributed by atoms with van der Waals surface area (Å²) in [7, 11) is 0. The summed E-state index contributed by atoms with van der Waals surface area (Å²) in [6.07, 6.45) is 5.52. The molecule has 0 amide bonds. The van der Waals surface area contributed by atoms with E-state index in [1.807, 2.05) is 114 Å². The van der Waals surface area contributed by atoms with Crippen LogP contribution >= 0.6 is 0 Å². The molecule has 0 atom stereocenters. The van der Waals surface area contributed by atoms with Crippen LogP contribution < -0.4 is 37.0 Å². The molecule has 15 heteroatoms. The molecule has 3 aromatic heterocycles. The third-order valence-electron chi connectivity index (χ3n) is 8.79. The molecular formula is C44H64BrMgN9O4. The van der Waals surface area contributed by atoms with Gasteiger partial charge < -0.3 is 42.3 Å². The smallest absolute Gasteiger partial charge is 1.00 e. The molecule has 0 saturated carbocycles. The van der Waals surface area contributed by atoms with Gasteiger partial charge in [-0.15, -0.1) is 13.1 Å². The van der Waals surface area contributed by atoms with Gasteiger partial charge in [-0.3, -0.25) is 9.73 Å². The van der Waals surface area contributed by atoms with E-state index in [9.17, 15) is 4.79 Å². The number of nitrogens with one attached hydrogen (secondary N) is 1. The van der Waals surface area contributed by atoms with Crippen molar-refractivity contribution in [3.63, 3.8) is 0 Å². The van der Waals surface area contributed by atoms with Gasteiger partial charge >= 0.3 is 29.0 Å². The van der Waals surface area contributed by atoms with Crippen LogP contribution in [0.4, 0.5) is 17.5 Å². The molecule has 0 radical (unpaired) electrons. The van der Waals surface area contributed by atoms with Crippen LogP contribution in [-0.4, -0.2) is 139 Å². The number of anilines is 3. The molecule has 3 aliphatic heterocycles. The fraction of sp³-hybridized carbons (Fsp3) is 0.500. The Bertz CT molecular complexity index is 1640. The summed E-state index contributed by atoms with van der Waals surface area (Å²) < 4.78 is 0. The molecule has 4 aromatic rings. The minimum atomic E-state index is -0.494. The quantitative estimate of drug-likeness (QED) is 0.173. The van der Waals surface area contributed by atoms with Gasteiger partial charge in [0.25, 0.3) is 0 Å². The van der Waals surface area contributed by atoms with Gasteiger partial charge in [0, 0.05) is 84.0 Å². The van der Waals surface area contributed by atoms with E-state index >= 15 is 0 Å². The molecule has 1 N–H and O–H groups in total. The Labute approximate surface area is 379 Å². The topological polar surface area (TPSA) is 123 Å². The van der Waals surface area contributed by atoms with E-state index in [-0.39, 0.29) is 45.6 Å². The van der Waals surface area contributed by atoms with Crippen LogP contribution in [0.25, 0.3) is 5.32 Å². The van der Waals surface area contributed by atoms with Crippen LogP contribution in [0.3, 0.4) is 0 Å². The standard InChI is InChI=1S/C13H21N3O.C13H18O3.C9H13N3.C9H12N3.BrH.Mg/c1-13(2,3)17-16-10-8-15(9-11-16)12-6-4-5-7-14-12;1-9-7-6-8-10(2)11(9)12(14)15-16-13(3,4)5;2*1-2-4-11-9(3-1)12-7-5-10-6-8-12;;/h4-7H,8-11H2,1-3H3;6-8H,1-5H3;1-4,10H,5-8H2;1-4H,5-8H2;1H;/q;;;-1;;+2/p-1. The molecule has 0 unspecified atom stereocenters. The van der Waals surface area contributed by atoms with E-state index in [1.165, 1.54) is 0 Å². The summed E-state index contributed by atoms with van der Waals surface area (Å²) >= 11 is 0. The largest absolute Gasteiger partial charge is 2.00 e. The first-order chi connectivity index (χ1) is 27.3. The monoisotopic (exact) mass is 885 g/mol. The molecular weight excluding hydrogens is 823 g/mol. The van der Waals surface area contributed by atoms with E-state index in [0.29, 0.717) is 5.56 Å². The number of nitrogens with zero attached hydrogens (tertiary/aromatic N) is 8. The number of hydrogen-bond acceptors (Lipinski definition) is 12. The van der Waals surface area contributed by atoms with Crippen molar-refractivity contribution in [1.29, 1.82) is 0 Å². The van der Waals surface area contributed by atoms with Crippen LogP contribution in [-0.2, 0) is 14.6 Å². The van der Waals surface area contributed by atoms with Crippen molar-refractivity contribution < 1.29 is 36.4 Å². The van der Waals surface area contributed by atoms with Gasteiger partial charge in [-0.1, -0.05) is 36.4 Å². The molecule has 0 aliphatic carbocycles. The zero-order valence-electron chi connectivity index (χ0n) is 36.4. The first-order valence-corrected chi connectivity index (χ1v) is 20.0. The number of rotatable bonds is 6. The van der Waals surface area contributed by atoms with E-state index in [0.717, 1.165) is 107 Å². The summed E-state index contributed by atoms with van der Waals surface area (Å²) in [4.78, 5) is 47.3. The molecule has 13 nitrogen and oxygen atoms in total. The van der Waals surface area contributed by atoms with Gasteiger partial charge in [-0.05, 0) is 103 Å². The summed E-state index contributed by atoms with van der Waals surface area (Å²) in [5.74, 6) is 2.79. The van der Waals surface area contributed by atoms with Gasteiger partial charge in [0.05, 0.1) is 11.2 Å². The molecule has 318 valence electrons. The number of piperazine rings is 3. The Hall–Kier alpha value is -3.41. The molecule has 3 fully saturated rings. The molecule has 1 aromatic carbocycles. The normalized spacial score (nSPS) is 15.6. The number of carbonyl (C=O) groups excluding carboxylic acids is 1. The predicted molar refractivity (Wildman–Crippen MR) is 236 cm³/mol. The number of aromatic nitrogens is 3. The van der Waals surface area contributed by atoms with Crippen LogP contribution in [0.2, 0.25) is 0 Å². The minimum absolute atomic E-state index is 0. The van der Waals surface area contributed by atoms with Gasteiger partial charge in [0.2, 0.25) is 0 Å². The van der Waals surface area contributed by atoms with E-state index in [1.54, 1.807) is 0 Å². The van der Waals surface area contributed by atoms with Crippen molar-refractivity contribution in [1.82, 2.24) is 25.3 Å². The predicted octanol–water partition coefficient (Wildman–Crippen LogP) is 3.51. The number of benzene rings is 1. The zero-order chi connectivity index (χ0) is 41.1. The fourth-order valence-electron chi connectivity index (χ4n) is 6.09. The average Bonchev–Trinajstić information content (AvgIpc) is 3.22. The first kappa shape index (κ1) is 51.7. The Kier molecular flexibility index (Phi) is 23.4. The van der Waals surface area contributed by atoms with Crippen molar-refractivity contribution in [2.24, 2.45) is 0 Å². The van der Waals surface area contributed by atoms with Gasteiger partial charge in [-0.25, -0.2) is 19.7 Å². The molecule has 3 saturated heterocycles. The average molecular weight is 887 g/mol. The van der Waals surface area contributed by atoms with E-state index in [2.05, 4.69) is 78.3 Å². The van der Waals surface area contributed by atoms with Crippen molar-refractivity contribution in [3.05, 3.63) is 113 Å². The number of hydrogen-bond donors (Lipinski definition) is 1. The van der Waals surface area contributed by atoms with E-state index in [4.69, 9.17) is 14.6 Å². The molecule has 59 heavy (non-hydrogen) atoms. The minimum Gasteiger partial charge on any atom is -1.00 e. The number of carbonyl (C=O) groups is 1. The summed E-state index contributed by atoms with van der Waals surface area (Å²) in [5, 5.41) is 9.65. The second-order valence-corrected chi connectivity index (χ2v) is 15.9. The Balaban J connectivity index is 0.000000271. The van der Waals surface area contributed by atoms with Gasteiger partial charge in [-0.2, -0.15) is 9.95 Å². The van der Waals surface area contributed by atoms with Crippen molar-refractivity contribution in [2.75, 3.05) is 93.2 Å². The maximum Gasteiger partial charge on any atom is 2.00 e. The van der Waals surface area contributed by atoms with Crippen molar-refractivity contribution in [3.8, 4) is 0 Å². The van der Waals surface area contributed by atoms with Crippen molar-refractivity contribution in [2.45, 2.75) is 66.6 Å². The maximum atomic E-state index is 11.8. The third-order valence-corrected chi connectivity index (χ3v) is 8.79. The number of aryl methyl sites for hydroxylation is 2. The Morgan fingerprint density at radius 3 is 1.46 bits per heavy atom. The van der Waals surface area contributed by atoms with Crippen LogP contribution in [0.1, 0.15) is 63.0 Å². The number of halogens is 1. The van der Waals surface area contributed by atoms with E-state index < -0.39 is 11.6 Å². The Morgan fingerprint density at radius 2 is 1.05 bits per heavy atom. The molecule has 0 spiro atoms. The van der Waals surface area contributed by atoms with Gasteiger partial charge in [0.15, 0.2) is 0 Å². The second-order valence-electron chi connectivity index (χ2n) is 15.9. The number of pyridine rings is 3. The zero-order valence-corrected chi connectivity index (χ0v) is 39.4. The number of hydroxylamine groups is 2. The molecule has 3 aliphatic rings. The van der Waals surface area contributed by atoms with Crippen LogP contribution in [0.15, 0.2) is 91.4 Å². The maximum absolute atomic E-state index is 11.8. The first-order valence-electron chi connectivity index (χ1n) is 20.0. The molecule has 0 bridgehead atoms. The fourth-order valence-corrected chi connectivity index (χ4v) is 6.09. The summed E-state index contributed by atoms with van der Waals surface area (Å²) in [6, 6.07) is 23.7.